The molecule has 0 fully saturated rings. The summed E-state index contributed by atoms with van der Waals surface area (Å²) in [6.07, 6.45) is 5.29. The Morgan fingerprint density at radius 1 is 1.00 bits per heavy atom. The summed E-state index contributed by atoms with van der Waals surface area (Å²) in [6.45, 7) is 5.77. The summed E-state index contributed by atoms with van der Waals surface area (Å²) < 4.78 is 55.0. The van der Waals surface area contributed by atoms with Crippen LogP contribution >= 0.6 is 0 Å². The van der Waals surface area contributed by atoms with Crippen molar-refractivity contribution in [3.63, 3.8) is 0 Å². The third-order valence-electron chi connectivity index (χ3n) is 4.21. The molecular formula is C13H24O6S2. The van der Waals surface area contributed by atoms with Gasteiger partial charge in [0.15, 0.2) is 0 Å². The third-order valence-corrected chi connectivity index (χ3v) is 5.30. The summed E-state index contributed by atoms with van der Waals surface area (Å²) in [7, 11) is -7.10. The van der Waals surface area contributed by atoms with E-state index in [0.29, 0.717) is 12.8 Å². The Balaban J connectivity index is 3.01. The second-order valence-electron chi connectivity index (χ2n) is 6.49. The van der Waals surface area contributed by atoms with E-state index in [4.69, 9.17) is 8.37 Å². The Morgan fingerprint density at radius 3 is 1.86 bits per heavy atom. The SMILES string of the molecule is CC1=CC[C@@](C)(COS(C)(=O)=O)[C@@](C)(COS(C)(=O)=O)C1. The van der Waals surface area contributed by atoms with Gasteiger partial charge in [-0.25, -0.2) is 0 Å². The zero-order chi connectivity index (χ0) is 16.5. The van der Waals surface area contributed by atoms with E-state index in [-0.39, 0.29) is 13.2 Å². The first-order chi connectivity index (χ1) is 9.27. The molecule has 0 N–H and O–H groups in total. The summed E-state index contributed by atoms with van der Waals surface area (Å²) in [5.41, 5.74) is 0.0753. The van der Waals surface area contributed by atoms with Crippen LogP contribution in [0.3, 0.4) is 0 Å². The Bertz CT molecular complexity index is 619. The largest absolute Gasteiger partial charge is 0.270 e. The van der Waals surface area contributed by atoms with Crippen LogP contribution in [0.1, 0.15) is 33.6 Å². The van der Waals surface area contributed by atoms with Gasteiger partial charge in [-0.15, -0.1) is 0 Å². The monoisotopic (exact) mass is 340 g/mol. The van der Waals surface area contributed by atoms with E-state index in [2.05, 4.69) is 0 Å². The van der Waals surface area contributed by atoms with E-state index in [9.17, 15) is 16.8 Å². The van der Waals surface area contributed by atoms with Gasteiger partial charge >= 0.3 is 0 Å². The minimum atomic E-state index is -3.55. The van der Waals surface area contributed by atoms with Crippen LogP contribution in [0.25, 0.3) is 0 Å². The minimum Gasteiger partial charge on any atom is -0.270 e. The molecular weight excluding hydrogens is 316 g/mol. The molecule has 0 unspecified atom stereocenters. The van der Waals surface area contributed by atoms with Crippen LogP contribution in [-0.4, -0.2) is 42.6 Å². The number of rotatable bonds is 6. The summed E-state index contributed by atoms with van der Waals surface area (Å²) >= 11 is 0. The molecule has 8 heteroatoms. The van der Waals surface area contributed by atoms with Gasteiger partial charge in [0.2, 0.25) is 0 Å². The summed E-state index contributed by atoms with van der Waals surface area (Å²) in [4.78, 5) is 0. The van der Waals surface area contributed by atoms with Gasteiger partial charge in [0.25, 0.3) is 20.2 Å². The molecule has 0 bridgehead atoms. The normalized spacial score (nSPS) is 31.0. The zero-order valence-electron chi connectivity index (χ0n) is 13.2. The molecule has 2 atom stereocenters. The lowest BCUT2D eigenvalue weighted by atomic mass is 9.59. The lowest BCUT2D eigenvalue weighted by Gasteiger charge is -2.48. The van der Waals surface area contributed by atoms with E-state index in [0.717, 1.165) is 18.1 Å². The number of allylic oxidation sites excluding steroid dienone is 2. The number of hydrogen-bond acceptors (Lipinski definition) is 6. The maximum Gasteiger partial charge on any atom is 0.264 e. The fourth-order valence-corrected chi connectivity index (χ4v) is 3.43. The highest BCUT2D eigenvalue weighted by molar-refractivity contribution is 7.86. The topological polar surface area (TPSA) is 86.7 Å². The van der Waals surface area contributed by atoms with Gasteiger partial charge < -0.3 is 0 Å². The van der Waals surface area contributed by atoms with E-state index in [1.165, 1.54) is 0 Å². The molecule has 1 aliphatic rings. The van der Waals surface area contributed by atoms with Crippen molar-refractivity contribution < 1.29 is 25.2 Å². The Kier molecular flexibility index (Phi) is 5.30. The zero-order valence-corrected chi connectivity index (χ0v) is 14.8. The highest BCUT2D eigenvalue weighted by Crippen LogP contribution is 2.50. The Labute approximate surface area is 127 Å². The second kappa shape index (κ2) is 5.98. The average Bonchev–Trinajstić information content (AvgIpc) is 2.28. The van der Waals surface area contributed by atoms with Crippen LogP contribution in [0, 0.1) is 10.8 Å². The summed E-state index contributed by atoms with van der Waals surface area (Å²) in [5.74, 6) is 0. The quantitative estimate of drug-likeness (QED) is 0.540. The lowest BCUT2D eigenvalue weighted by Crippen LogP contribution is -2.47. The van der Waals surface area contributed by atoms with Gasteiger partial charge in [-0.2, -0.15) is 16.8 Å². The average molecular weight is 340 g/mol. The van der Waals surface area contributed by atoms with Gasteiger partial charge in [-0.05, 0) is 19.8 Å². The van der Waals surface area contributed by atoms with E-state index >= 15 is 0 Å². The van der Waals surface area contributed by atoms with Gasteiger partial charge in [-0.1, -0.05) is 25.5 Å². The van der Waals surface area contributed by atoms with Crippen molar-refractivity contribution in [3.05, 3.63) is 11.6 Å². The standard InChI is InChI=1S/C13H24O6S2/c1-11-6-7-12(2,9-18-20(4,14)15)13(3,8-11)10-19-21(5,16)17/h6H,7-10H2,1-5H3/t12-,13+/m0/s1. The Morgan fingerprint density at radius 2 is 1.43 bits per heavy atom. The molecule has 6 nitrogen and oxygen atoms in total. The Hall–Kier alpha value is -0.440. The lowest BCUT2D eigenvalue weighted by molar-refractivity contribution is -0.0181. The first kappa shape index (κ1) is 18.6. The molecule has 0 amide bonds. The van der Waals surface area contributed by atoms with Crippen molar-refractivity contribution in [2.45, 2.75) is 33.6 Å². The third kappa shape index (κ3) is 5.36. The smallest absolute Gasteiger partial charge is 0.264 e. The molecule has 0 aromatic rings. The van der Waals surface area contributed by atoms with Crippen molar-refractivity contribution >= 4 is 20.2 Å². The van der Waals surface area contributed by atoms with Crippen LogP contribution < -0.4 is 0 Å². The van der Waals surface area contributed by atoms with Crippen molar-refractivity contribution in [1.82, 2.24) is 0 Å². The summed E-state index contributed by atoms with van der Waals surface area (Å²) in [6, 6.07) is 0. The molecule has 1 rings (SSSR count). The van der Waals surface area contributed by atoms with Gasteiger partial charge in [0, 0.05) is 10.8 Å². The van der Waals surface area contributed by atoms with Crippen molar-refractivity contribution in [1.29, 1.82) is 0 Å². The molecule has 21 heavy (non-hydrogen) atoms. The highest BCUT2D eigenvalue weighted by Gasteiger charge is 2.47. The predicted octanol–water partition coefficient (Wildman–Crippen LogP) is 1.69. The van der Waals surface area contributed by atoms with Gasteiger partial charge in [0.05, 0.1) is 25.7 Å². The predicted molar refractivity (Wildman–Crippen MR) is 80.8 cm³/mol. The number of hydrogen-bond donors (Lipinski definition) is 0. The highest BCUT2D eigenvalue weighted by atomic mass is 32.2. The van der Waals surface area contributed by atoms with E-state index in [1.807, 2.05) is 26.8 Å². The fraction of sp³-hybridized carbons (Fsp3) is 0.846. The molecule has 0 radical (unpaired) electrons. The molecule has 0 saturated heterocycles. The fourth-order valence-electron chi connectivity index (χ4n) is 2.48. The van der Waals surface area contributed by atoms with Crippen LogP contribution in [0.4, 0.5) is 0 Å². The van der Waals surface area contributed by atoms with Gasteiger partial charge in [-0.3, -0.25) is 8.37 Å². The van der Waals surface area contributed by atoms with Crippen LogP contribution in [0.2, 0.25) is 0 Å². The van der Waals surface area contributed by atoms with Crippen molar-refractivity contribution in [2.24, 2.45) is 10.8 Å². The minimum absolute atomic E-state index is 0.000630. The molecule has 0 aromatic carbocycles. The molecule has 1 aliphatic carbocycles. The van der Waals surface area contributed by atoms with Crippen molar-refractivity contribution in [2.75, 3.05) is 25.7 Å². The van der Waals surface area contributed by atoms with E-state index < -0.39 is 31.1 Å². The molecule has 0 aromatic heterocycles. The molecule has 0 saturated carbocycles. The molecule has 124 valence electrons. The van der Waals surface area contributed by atoms with Crippen LogP contribution in [0.5, 0.6) is 0 Å². The molecule has 0 spiro atoms. The van der Waals surface area contributed by atoms with E-state index in [1.54, 1.807) is 0 Å². The van der Waals surface area contributed by atoms with Crippen molar-refractivity contribution in [3.8, 4) is 0 Å². The first-order valence-corrected chi connectivity index (χ1v) is 10.2. The summed E-state index contributed by atoms with van der Waals surface area (Å²) in [5, 5.41) is 0. The van der Waals surface area contributed by atoms with Crippen LogP contribution in [0.15, 0.2) is 11.6 Å². The molecule has 0 aliphatic heterocycles. The van der Waals surface area contributed by atoms with Crippen LogP contribution in [-0.2, 0) is 28.6 Å². The first-order valence-electron chi connectivity index (χ1n) is 6.61. The molecule has 0 heterocycles. The van der Waals surface area contributed by atoms with Gasteiger partial charge in [0.1, 0.15) is 0 Å². The maximum atomic E-state index is 11.3. The second-order valence-corrected chi connectivity index (χ2v) is 9.77. The maximum absolute atomic E-state index is 11.3.